The second kappa shape index (κ2) is 2.46. The summed E-state index contributed by atoms with van der Waals surface area (Å²) in [6, 6.07) is 0. The molecule has 0 radical (unpaired) electrons. The Morgan fingerprint density at radius 3 is 1.50 bits per heavy atom. The molecule has 72 valence electrons. The van der Waals surface area contributed by atoms with Crippen LogP contribution in [0, 0.1) is 0 Å². The maximum absolute atomic E-state index is 9.97. The lowest BCUT2D eigenvalue weighted by molar-refractivity contribution is -0.214. The molecule has 1 saturated heterocycles. The molecule has 0 saturated carbocycles. The van der Waals surface area contributed by atoms with Crippen LogP contribution in [0.4, 0.5) is 0 Å². The van der Waals surface area contributed by atoms with Crippen molar-refractivity contribution in [2.24, 2.45) is 0 Å². The summed E-state index contributed by atoms with van der Waals surface area (Å²) >= 11 is 0. The molecule has 1 N–H and O–H groups in total. The van der Waals surface area contributed by atoms with Gasteiger partial charge < -0.3 is 9.84 Å². The normalized spacial score (nSPS) is 31.5. The van der Waals surface area contributed by atoms with Gasteiger partial charge in [-0.3, -0.25) is 0 Å². The fourth-order valence-electron chi connectivity index (χ4n) is 2.72. The third-order valence-electron chi connectivity index (χ3n) is 2.17. The summed E-state index contributed by atoms with van der Waals surface area (Å²) in [5.41, 5.74) is -0.984. The monoisotopic (exact) mass is 172 g/mol. The molecule has 1 rings (SSSR count). The molecule has 1 aliphatic rings. The first-order valence-electron chi connectivity index (χ1n) is 4.55. The van der Waals surface area contributed by atoms with Crippen LogP contribution in [0.1, 0.15) is 47.5 Å². The Hall–Kier alpha value is -0.0800. The van der Waals surface area contributed by atoms with E-state index in [0.29, 0.717) is 12.8 Å². The average Bonchev–Trinajstić information content (AvgIpc) is 1.44. The molecule has 1 heterocycles. The van der Waals surface area contributed by atoms with Gasteiger partial charge in [0.1, 0.15) is 0 Å². The van der Waals surface area contributed by atoms with Crippen LogP contribution < -0.4 is 0 Å². The molecule has 0 aromatic heterocycles. The number of ether oxygens (including phenoxy) is 1. The maximum Gasteiger partial charge on any atom is 0.0674 e. The van der Waals surface area contributed by atoms with E-state index >= 15 is 0 Å². The highest BCUT2D eigenvalue weighted by atomic mass is 16.5. The van der Waals surface area contributed by atoms with E-state index in [-0.39, 0.29) is 11.2 Å². The topological polar surface area (TPSA) is 29.5 Å². The van der Waals surface area contributed by atoms with Crippen molar-refractivity contribution in [2.75, 3.05) is 0 Å². The zero-order valence-corrected chi connectivity index (χ0v) is 8.77. The number of aliphatic hydroxyl groups is 1. The van der Waals surface area contributed by atoms with Gasteiger partial charge in [0.15, 0.2) is 0 Å². The molecule has 0 aromatic carbocycles. The zero-order chi connectivity index (χ0) is 9.62. The Bertz CT molecular complexity index is 135. The lowest BCUT2D eigenvalue weighted by atomic mass is 9.78. The molecule has 2 nitrogen and oxygen atoms in total. The smallest absolute Gasteiger partial charge is 0.0674 e. The van der Waals surface area contributed by atoms with E-state index in [1.54, 1.807) is 0 Å². The van der Waals surface area contributed by atoms with Crippen LogP contribution in [0.25, 0.3) is 0 Å². The van der Waals surface area contributed by atoms with Gasteiger partial charge in [-0.05, 0) is 34.6 Å². The van der Waals surface area contributed by atoms with Gasteiger partial charge in [0, 0.05) is 12.8 Å². The second-order valence-corrected chi connectivity index (χ2v) is 5.47. The molecule has 0 aliphatic carbocycles. The summed E-state index contributed by atoms with van der Waals surface area (Å²) in [4.78, 5) is 0. The van der Waals surface area contributed by atoms with E-state index < -0.39 is 5.60 Å². The fourth-order valence-corrected chi connectivity index (χ4v) is 2.72. The van der Waals surface area contributed by atoms with Crippen molar-refractivity contribution >= 4 is 0 Å². The first-order chi connectivity index (χ1) is 5.12. The average molecular weight is 172 g/mol. The standard InChI is InChI=1S/C10H20O2/c1-8(2)6-10(5,11)7-9(3,4)12-8/h11H,6-7H2,1-5H3. The molecule has 0 unspecified atom stereocenters. The largest absolute Gasteiger partial charge is 0.390 e. The Morgan fingerprint density at radius 1 is 0.917 bits per heavy atom. The van der Waals surface area contributed by atoms with Gasteiger partial charge in [-0.25, -0.2) is 0 Å². The first kappa shape index (κ1) is 10.0. The van der Waals surface area contributed by atoms with E-state index in [1.165, 1.54) is 0 Å². The van der Waals surface area contributed by atoms with Gasteiger partial charge in [-0.1, -0.05) is 0 Å². The van der Waals surface area contributed by atoms with E-state index in [4.69, 9.17) is 4.74 Å². The third-order valence-corrected chi connectivity index (χ3v) is 2.17. The lowest BCUT2D eigenvalue weighted by Gasteiger charge is -2.48. The van der Waals surface area contributed by atoms with Gasteiger partial charge in [0.25, 0.3) is 0 Å². The van der Waals surface area contributed by atoms with E-state index in [1.807, 2.05) is 34.6 Å². The van der Waals surface area contributed by atoms with Crippen molar-refractivity contribution in [2.45, 2.75) is 64.3 Å². The fraction of sp³-hybridized carbons (Fsp3) is 1.00. The van der Waals surface area contributed by atoms with Crippen LogP contribution in [-0.4, -0.2) is 21.9 Å². The number of hydrogen-bond donors (Lipinski definition) is 1. The molecule has 1 fully saturated rings. The van der Waals surface area contributed by atoms with Crippen LogP contribution in [-0.2, 0) is 4.74 Å². The maximum atomic E-state index is 9.97. The van der Waals surface area contributed by atoms with Crippen LogP contribution in [0.15, 0.2) is 0 Å². The summed E-state index contributed by atoms with van der Waals surface area (Å²) in [6.45, 7) is 10.0. The van der Waals surface area contributed by atoms with Crippen molar-refractivity contribution in [1.29, 1.82) is 0 Å². The quantitative estimate of drug-likeness (QED) is 0.606. The van der Waals surface area contributed by atoms with Crippen molar-refractivity contribution in [3.8, 4) is 0 Å². The highest BCUT2D eigenvalue weighted by Crippen LogP contribution is 2.40. The summed E-state index contributed by atoms with van der Waals surface area (Å²) in [5, 5.41) is 9.97. The van der Waals surface area contributed by atoms with E-state index in [0.717, 1.165) is 0 Å². The minimum Gasteiger partial charge on any atom is -0.390 e. The van der Waals surface area contributed by atoms with Gasteiger partial charge in [0.05, 0.1) is 16.8 Å². The summed E-state index contributed by atoms with van der Waals surface area (Å²) in [6.07, 6.45) is 1.42. The molecular weight excluding hydrogens is 152 g/mol. The molecule has 0 aromatic rings. The first-order valence-corrected chi connectivity index (χ1v) is 4.55. The molecular formula is C10H20O2. The zero-order valence-electron chi connectivity index (χ0n) is 8.77. The minimum atomic E-state index is -0.578. The van der Waals surface area contributed by atoms with E-state index in [2.05, 4.69) is 0 Å². The Kier molecular flexibility index (Phi) is 2.05. The highest BCUT2D eigenvalue weighted by molar-refractivity contribution is 4.95. The number of hydrogen-bond acceptors (Lipinski definition) is 2. The molecule has 0 spiro atoms. The molecule has 1 aliphatic heterocycles. The minimum absolute atomic E-state index is 0.203. The van der Waals surface area contributed by atoms with Crippen LogP contribution in [0.2, 0.25) is 0 Å². The summed E-state index contributed by atoms with van der Waals surface area (Å²) in [7, 11) is 0. The SMILES string of the molecule is CC1(O)CC(C)(C)OC(C)(C)C1. The summed E-state index contributed by atoms with van der Waals surface area (Å²) < 4.78 is 5.84. The van der Waals surface area contributed by atoms with Gasteiger partial charge >= 0.3 is 0 Å². The molecule has 0 amide bonds. The van der Waals surface area contributed by atoms with Crippen molar-refractivity contribution in [1.82, 2.24) is 0 Å². The summed E-state index contributed by atoms with van der Waals surface area (Å²) in [5.74, 6) is 0. The second-order valence-electron chi connectivity index (χ2n) is 5.47. The van der Waals surface area contributed by atoms with Crippen molar-refractivity contribution in [3.05, 3.63) is 0 Å². The van der Waals surface area contributed by atoms with Crippen LogP contribution >= 0.6 is 0 Å². The predicted octanol–water partition coefficient (Wildman–Crippen LogP) is 2.10. The van der Waals surface area contributed by atoms with Crippen LogP contribution in [0.5, 0.6) is 0 Å². The van der Waals surface area contributed by atoms with Gasteiger partial charge in [-0.15, -0.1) is 0 Å². The third kappa shape index (κ3) is 2.46. The number of rotatable bonds is 0. The predicted molar refractivity (Wildman–Crippen MR) is 49.1 cm³/mol. The van der Waals surface area contributed by atoms with Crippen molar-refractivity contribution < 1.29 is 9.84 Å². The Balaban J connectivity index is 2.81. The molecule has 2 heteroatoms. The molecule has 0 atom stereocenters. The van der Waals surface area contributed by atoms with Crippen LogP contribution in [0.3, 0.4) is 0 Å². The highest BCUT2D eigenvalue weighted by Gasteiger charge is 2.44. The molecule has 12 heavy (non-hydrogen) atoms. The Labute approximate surface area is 74.9 Å². The lowest BCUT2D eigenvalue weighted by Crippen LogP contribution is -2.52. The molecule has 0 bridgehead atoms. The van der Waals surface area contributed by atoms with Gasteiger partial charge in [0.2, 0.25) is 0 Å². The van der Waals surface area contributed by atoms with E-state index in [9.17, 15) is 5.11 Å². The van der Waals surface area contributed by atoms with Gasteiger partial charge in [-0.2, -0.15) is 0 Å². The Morgan fingerprint density at radius 2 is 1.25 bits per heavy atom. The van der Waals surface area contributed by atoms with Crippen molar-refractivity contribution in [3.63, 3.8) is 0 Å².